The van der Waals surface area contributed by atoms with Crippen LogP contribution in [-0.4, -0.2) is 106 Å². The van der Waals surface area contributed by atoms with Crippen LogP contribution in [0.3, 0.4) is 0 Å². The van der Waals surface area contributed by atoms with Crippen molar-refractivity contribution in [2.75, 3.05) is 6.54 Å². The number of imide groups is 1. The van der Waals surface area contributed by atoms with E-state index in [0.29, 0.717) is 0 Å². The molecule has 5 N–H and O–H groups in total. The Bertz CT molecular complexity index is 1460. The zero-order valence-corrected chi connectivity index (χ0v) is 36.7. The quantitative estimate of drug-likeness (QED) is 0.134. The predicted molar refractivity (Wildman–Crippen MR) is 214 cm³/mol. The van der Waals surface area contributed by atoms with E-state index in [9.17, 15) is 47.9 Å². The van der Waals surface area contributed by atoms with E-state index in [0.717, 1.165) is 17.1 Å². The summed E-state index contributed by atoms with van der Waals surface area (Å²) in [6.45, 7) is 27.4. The van der Waals surface area contributed by atoms with Gasteiger partial charge in [-0.05, 0) is 55.4 Å². The fourth-order valence-electron chi connectivity index (χ4n) is 4.56. The van der Waals surface area contributed by atoms with Gasteiger partial charge in [0.15, 0.2) is 17.3 Å². The number of hydrogen-bond donors (Lipinski definition) is 5. The summed E-state index contributed by atoms with van der Waals surface area (Å²) in [6, 6.07) is -3.18. The highest BCUT2D eigenvalue weighted by molar-refractivity contribution is 6.13. The number of Topliss-reactive ketones (excluding diaryl/α,β-unsaturated/α-hetero) is 3. The second kappa shape index (κ2) is 25.3. The van der Waals surface area contributed by atoms with Crippen molar-refractivity contribution in [1.82, 2.24) is 31.5 Å². The third-order valence-electron chi connectivity index (χ3n) is 7.95. The molecule has 0 saturated heterocycles. The maximum absolute atomic E-state index is 12.0. The van der Waals surface area contributed by atoms with E-state index in [1.54, 1.807) is 69.2 Å². The number of hydrogen-bond acceptors (Lipinski definition) is 11. The third kappa shape index (κ3) is 22.4. The summed E-state index contributed by atoms with van der Waals surface area (Å²) in [7, 11) is 0. The molecule has 0 aromatic carbocycles. The lowest BCUT2D eigenvalue weighted by Crippen LogP contribution is -2.50. The molecule has 0 bridgehead atoms. The molecule has 324 valence electrons. The SMILES string of the molecule is CC(C)C(=O)N[C@@H](C)C(=O)C(C)C.CC(C)C(=O)[C@H](C)NC(=O)[C@H](C)NC(=O)CCN1C(=O)C=CC1=O.CC(C)C(=O)[C@H](C)NC(=O)[C@H](C)NC(=O)OC(C)(C)C. The minimum atomic E-state index is -0.831. The largest absolute Gasteiger partial charge is 0.444 e. The minimum Gasteiger partial charge on any atom is -0.444 e. The van der Waals surface area contributed by atoms with Gasteiger partial charge in [-0.2, -0.15) is 0 Å². The van der Waals surface area contributed by atoms with Crippen molar-refractivity contribution in [1.29, 1.82) is 0 Å². The lowest BCUT2D eigenvalue weighted by molar-refractivity contribution is -0.137. The van der Waals surface area contributed by atoms with Gasteiger partial charge in [-0.25, -0.2) is 4.79 Å². The number of carbonyl (C=O) groups is 10. The number of amides is 7. The molecule has 0 unspecified atom stereocenters. The van der Waals surface area contributed by atoms with E-state index in [2.05, 4.69) is 26.6 Å². The van der Waals surface area contributed by atoms with Gasteiger partial charge in [0.05, 0.1) is 18.1 Å². The normalized spacial score (nSPS) is 14.9. The Hall–Kier alpha value is -4.96. The number of ketones is 3. The summed E-state index contributed by atoms with van der Waals surface area (Å²) in [6.07, 6.45) is 1.52. The molecular weight excluding hydrogens is 740 g/mol. The van der Waals surface area contributed by atoms with E-state index in [4.69, 9.17) is 4.74 Å². The molecule has 5 atom stereocenters. The van der Waals surface area contributed by atoms with Gasteiger partial charge >= 0.3 is 6.09 Å². The molecule has 0 saturated carbocycles. The molecule has 17 heteroatoms. The summed E-state index contributed by atoms with van der Waals surface area (Å²) >= 11 is 0. The van der Waals surface area contributed by atoms with Gasteiger partial charge in [0.1, 0.15) is 17.7 Å². The second-order valence-electron chi connectivity index (χ2n) is 16.1. The number of rotatable bonds is 17. The van der Waals surface area contributed by atoms with E-state index >= 15 is 0 Å². The highest BCUT2D eigenvalue weighted by atomic mass is 16.6. The van der Waals surface area contributed by atoms with Crippen LogP contribution in [0.4, 0.5) is 4.79 Å². The molecule has 0 aliphatic carbocycles. The molecule has 0 spiro atoms. The molecule has 0 radical (unpaired) electrons. The van der Waals surface area contributed by atoms with Crippen LogP contribution < -0.4 is 26.6 Å². The summed E-state index contributed by atoms with van der Waals surface area (Å²) in [5.74, 6) is -2.86. The monoisotopic (exact) mass is 808 g/mol. The maximum Gasteiger partial charge on any atom is 0.408 e. The van der Waals surface area contributed by atoms with Gasteiger partial charge in [0, 0.05) is 48.8 Å². The molecule has 1 heterocycles. The Balaban J connectivity index is 0. The molecule has 0 aromatic heterocycles. The average molecular weight is 809 g/mol. The average Bonchev–Trinajstić information content (AvgIpc) is 3.41. The number of carbonyl (C=O) groups excluding carboxylic acids is 10. The van der Waals surface area contributed by atoms with Crippen molar-refractivity contribution < 1.29 is 52.7 Å². The van der Waals surface area contributed by atoms with Gasteiger partial charge in [-0.3, -0.25) is 48.1 Å². The third-order valence-corrected chi connectivity index (χ3v) is 7.95. The van der Waals surface area contributed by atoms with Crippen molar-refractivity contribution in [3.8, 4) is 0 Å². The maximum atomic E-state index is 12.0. The van der Waals surface area contributed by atoms with Gasteiger partial charge < -0.3 is 31.3 Å². The van der Waals surface area contributed by atoms with Crippen molar-refractivity contribution >= 4 is 58.9 Å². The van der Waals surface area contributed by atoms with Gasteiger partial charge in [0.25, 0.3) is 11.8 Å². The Labute approximate surface area is 338 Å². The first-order valence-electron chi connectivity index (χ1n) is 19.3. The van der Waals surface area contributed by atoms with Crippen molar-refractivity contribution in [2.45, 2.75) is 153 Å². The first-order chi connectivity index (χ1) is 25.9. The van der Waals surface area contributed by atoms with Gasteiger partial charge in [-0.1, -0.05) is 55.4 Å². The lowest BCUT2D eigenvalue weighted by Gasteiger charge is -2.22. The van der Waals surface area contributed by atoms with E-state index in [1.165, 1.54) is 13.8 Å². The highest BCUT2D eigenvalue weighted by Crippen LogP contribution is 2.08. The standard InChI is InChI=1S/C16H23N3O5.C14H26N2O4.C10H19NO2/c1-9(2)15(23)10(3)18-16(24)11(4)17-12(20)7-8-19-13(21)5-6-14(19)22;1-8(2)11(17)9(3)15-12(18)10(4)16-13(19)20-14(5,6)7;1-6(2)9(12)8(5)11-10(13)7(3)4/h5-6,9-11H,7-8H2,1-4H3,(H,17,20)(H,18,24);8-10H,1-7H3,(H,15,18)(H,16,19);6-8H,1-5H3,(H,11,13)/t10-,11-;9-,10-;8-/m000/s1. The molecule has 0 aromatic rings. The molecule has 0 fully saturated rings. The van der Waals surface area contributed by atoms with Crippen LogP contribution in [0.25, 0.3) is 0 Å². The Morgan fingerprint density at radius 3 is 1.16 bits per heavy atom. The summed E-state index contributed by atoms with van der Waals surface area (Å²) in [5, 5.41) is 12.7. The van der Waals surface area contributed by atoms with E-state index < -0.39 is 65.4 Å². The number of ether oxygens (including phenoxy) is 1. The molecule has 1 aliphatic rings. The number of nitrogens with zero attached hydrogens (tertiary/aromatic N) is 1. The number of alkyl carbamates (subject to hydrolysis) is 1. The van der Waals surface area contributed by atoms with Crippen molar-refractivity contribution in [3.63, 3.8) is 0 Å². The zero-order valence-electron chi connectivity index (χ0n) is 36.7. The lowest BCUT2D eigenvalue weighted by atomic mass is 10.0. The fraction of sp³-hybridized carbons (Fsp3) is 0.700. The molecule has 1 aliphatic heterocycles. The van der Waals surface area contributed by atoms with E-state index in [1.807, 2.05) is 27.7 Å². The molecule has 1 rings (SSSR count). The predicted octanol–water partition coefficient (Wildman–Crippen LogP) is 2.54. The molecule has 7 amide bonds. The Morgan fingerprint density at radius 2 is 0.842 bits per heavy atom. The second-order valence-corrected chi connectivity index (χ2v) is 16.1. The first kappa shape index (κ1) is 54.1. The first-order valence-corrected chi connectivity index (χ1v) is 19.3. The van der Waals surface area contributed by atoms with Gasteiger partial charge in [0.2, 0.25) is 23.6 Å². The summed E-state index contributed by atoms with van der Waals surface area (Å²) in [5.41, 5.74) is -0.624. The van der Waals surface area contributed by atoms with Crippen molar-refractivity contribution in [3.05, 3.63) is 12.2 Å². The fourth-order valence-corrected chi connectivity index (χ4v) is 4.56. The van der Waals surface area contributed by atoms with Gasteiger partial charge in [-0.15, -0.1) is 0 Å². The van der Waals surface area contributed by atoms with E-state index in [-0.39, 0.29) is 65.9 Å². The van der Waals surface area contributed by atoms with Crippen molar-refractivity contribution in [2.24, 2.45) is 23.7 Å². The smallest absolute Gasteiger partial charge is 0.408 e. The van der Waals surface area contributed by atoms with Crippen LogP contribution in [-0.2, 0) is 47.9 Å². The van der Waals surface area contributed by atoms with Crippen LogP contribution in [0.5, 0.6) is 0 Å². The summed E-state index contributed by atoms with van der Waals surface area (Å²) in [4.78, 5) is 117. The summed E-state index contributed by atoms with van der Waals surface area (Å²) < 4.78 is 5.05. The number of nitrogens with one attached hydrogen (secondary N) is 5. The molecule has 57 heavy (non-hydrogen) atoms. The van der Waals surface area contributed by atoms with Crippen LogP contribution in [0.15, 0.2) is 12.2 Å². The van der Waals surface area contributed by atoms with Crippen LogP contribution >= 0.6 is 0 Å². The molecular formula is C40H68N6O11. The molecule has 17 nitrogen and oxygen atoms in total. The highest BCUT2D eigenvalue weighted by Gasteiger charge is 2.27. The minimum absolute atomic E-state index is 0.0255. The van der Waals surface area contributed by atoms with Crippen LogP contribution in [0.1, 0.15) is 117 Å². The topological polar surface area (TPSA) is 243 Å². The Kier molecular flexibility index (Phi) is 24.1. The zero-order chi connectivity index (χ0) is 45.1. The van der Waals surface area contributed by atoms with Crippen LogP contribution in [0.2, 0.25) is 0 Å². The van der Waals surface area contributed by atoms with Crippen LogP contribution in [0, 0.1) is 23.7 Å². The Morgan fingerprint density at radius 1 is 0.509 bits per heavy atom.